The molecule has 0 unspecified atom stereocenters. The summed E-state index contributed by atoms with van der Waals surface area (Å²) in [6.45, 7) is 0. The standard InChI is InChI=1S/C41H29N/c1-2-12-31(13-3-1)42(40-16-8-11-30-25-39-34-15-7-5-10-28(34)20-24-37(39)41(30)40)32-21-17-29-19-22-35-33-14-6-4-9-27(33)18-23-36(35)38(29)26-32/h1-17,19-22,24,26H,18,23,25H2. The molecule has 7 aromatic rings. The molecule has 0 atom stereocenters. The summed E-state index contributed by atoms with van der Waals surface area (Å²) in [5, 5.41) is 5.34. The molecule has 0 radical (unpaired) electrons. The first-order chi connectivity index (χ1) is 20.8. The van der Waals surface area contributed by atoms with Gasteiger partial charge >= 0.3 is 0 Å². The van der Waals surface area contributed by atoms with Gasteiger partial charge in [0.1, 0.15) is 0 Å². The van der Waals surface area contributed by atoms with Crippen molar-refractivity contribution in [3.63, 3.8) is 0 Å². The fourth-order valence-corrected chi connectivity index (χ4v) is 7.48. The Balaban J connectivity index is 1.28. The third-order valence-corrected chi connectivity index (χ3v) is 9.39. The van der Waals surface area contributed by atoms with Crippen molar-refractivity contribution in [3.8, 4) is 22.3 Å². The van der Waals surface area contributed by atoms with Crippen molar-refractivity contribution in [3.05, 3.63) is 162 Å². The molecule has 2 aliphatic carbocycles. The summed E-state index contributed by atoms with van der Waals surface area (Å²) in [5.41, 5.74) is 14.9. The van der Waals surface area contributed by atoms with Crippen LogP contribution in [0, 0.1) is 0 Å². The van der Waals surface area contributed by atoms with Gasteiger partial charge in [-0.05, 0) is 110 Å². The van der Waals surface area contributed by atoms with E-state index in [1.165, 1.54) is 83.1 Å². The van der Waals surface area contributed by atoms with Crippen molar-refractivity contribution >= 4 is 38.6 Å². The van der Waals surface area contributed by atoms with Gasteiger partial charge in [-0.1, -0.05) is 109 Å². The van der Waals surface area contributed by atoms with Crippen LogP contribution in [0.5, 0.6) is 0 Å². The molecule has 0 N–H and O–H groups in total. The van der Waals surface area contributed by atoms with E-state index in [2.05, 4.69) is 144 Å². The summed E-state index contributed by atoms with van der Waals surface area (Å²) >= 11 is 0. The predicted octanol–water partition coefficient (Wildman–Crippen LogP) is 10.8. The fraction of sp³-hybridized carbons (Fsp3) is 0.0732. The first-order valence-corrected chi connectivity index (χ1v) is 15.0. The number of para-hydroxylation sites is 1. The molecule has 0 aliphatic heterocycles. The van der Waals surface area contributed by atoms with Crippen molar-refractivity contribution in [1.29, 1.82) is 0 Å². The average molecular weight is 536 g/mol. The highest BCUT2D eigenvalue weighted by molar-refractivity contribution is 6.02. The number of fused-ring (bicyclic) bond motifs is 10. The molecule has 198 valence electrons. The maximum atomic E-state index is 2.47. The van der Waals surface area contributed by atoms with Gasteiger partial charge in [-0.3, -0.25) is 0 Å². The molecule has 0 saturated carbocycles. The third-order valence-electron chi connectivity index (χ3n) is 9.39. The molecule has 2 aliphatic rings. The summed E-state index contributed by atoms with van der Waals surface area (Å²) in [7, 11) is 0. The second-order valence-corrected chi connectivity index (χ2v) is 11.6. The van der Waals surface area contributed by atoms with Crippen LogP contribution in [0.15, 0.2) is 140 Å². The lowest BCUT2D eigenvalue weighted by Gasteiger charge is -2.29. The van der Waals surface area contributed by atoms with Crippen molar-refractivity contribution in [2.75, 3.05) is 4.90 Å². The average Bonchev–Trinajstić information content (AvgIpc) is 3.45. The van der Waals surface area contributed by atoms with Crippen LogP contribution in [0.3, 0.4) is 0 Å². The van der Waals surface area contributed by atoms with Crippen molar-refractivity contribution in [1.82, 2.24) is 0 Å². The minimum atomic E-state index is 0.965. The lowest BCUT2D eigenvalue weighted by Crippen LogP contribution is -2.12. The number of hydrogen-bond acceptors (Lipinski definition) is 1. The van der Waals surface area contributed by atoms with E-state index in [1.54, 1.807) is 0 Å². The minimum Gasteiger partial charge on any atom is -0.310 e. The van der Waals surface area contributed by atoms with Gasteiger partial charge in [-0.25, -0.2) is 0 Å². The highest BCUT2D eigenvalue weighted by atomic mass is 15.1. The SMILES string of the molecule is c1ccc(N(c2ccc3ccc4c(c3c2)CCc2ccccc2-4)c2cccc3c2-c2ccc4ccccc4c2C3)cc1. The Bertz CT molecular complexity index is 2170. The van der Waals surface area contributed by atoms with E-state index >= 15 is 0 Å². The van der Waals surface area contributed by atoms with Gasteiger partial charge in [0.25, 0.3) is 0 Å². The van der Waals surface area contributed by atoms with Crippen LogP contribution in [0.1, 0.15) is 22.3 Å². The topological polar surface area (TPSA) is 3.24 Å². The molecule has 0 fully saturated rings. The number of anilines is 3. The summed E-state index contributed by atoms with van der Waals surface area (Å²) < 4.78 is 0. The smallest absolute Gasteiger partial charge is 0.0543 e. The monoisotopic (exact) mass is 535 g/mol. The molecular weight excluding hydrogens is 506 g/mol. The van der Waals surface area contributed by atoms with Gasteiger partial charge in [0.15, 0.2) is 0 Å². The van der Waals surface area contributed by atoms with E-state index in [-0.39, 0.29) is 0 Å². The van der Waals surface area contributed by atoms with Crippen LogP contribution in [-0.2, 0) is 19.3 Å². The van der Waals surface area contributed by atoms with E-state index in [9.17, 15) is 0 Å². The molecule has 7 aromatic carbocycles. The molecular formula is C41H29N. The van der Waals surface area contributed by atoms with Crippen LogP contribution < -0.4 is 4.90 Å². The van der Waals surface area contributed by atoms with Crippen molar-refractivity contribution in [2.24, 2.45) is 0 Å². The Morgan fingerprint density at radius 3 is 2.10 bits per heavy atom. The van der Waals surface area contributed by atoms with Gasteiger partial charge in [0, 0.05) is 16.9 Å². The molecule has 0 aromatic heterocycles. The van der Waals surface area contributed by atoms with E-state index in [0.29, 0.717) is 0 Å². The molecule has 0 saturated heterocycles. The molecule has 1 nitrogen and oxygen atoms in total. The Morgan fingerprint density at radius 1 is 0.429 bits per heavy atom. The third kappa shape index (κ3) is 3.50. The molecule has 0 spiro atoms. The van der Waals surface area contributed by atoms with E-state index in [0.717, 1.165) is 19.3 Å². The van der Waals surface area contributed by atoms with Crippen LogP contribution in [-0.4, -0.2) is 0 Å². The zero-order valence-corrected chi connectivity index (χ0v) is 23.3. The van der Waals surface area contributed by atoms with Crippen molar-refractivity contribution < 1.29 is 0 Å². The van der Waals surface area contributed by atoms with Crippen LogP contribution in [0.25, 0.3) is 43.8 Å². The normalized spacial score (nSPS) is 13.0. The maximum absolute atomic E-state index is 2.47. The molecule has 1 heteroatoms. The number of rotatable bonds is 3. The largest absolute Gasteiger partial charge is 0.310 e. The van der Waals surface area contributed by atoms with Crippen LogP contribution in [0.4, 0.5) is 17.1 Å². The summed E-state index contributed by atoms with van der Waals surface area (Å²) in [5.74, 6) is 0. The number of aryl methyl sites for hydroxylation is 2. The number of benzene rings is 7. The fourth-order valence-electron chi connectivity index (χ4n) is 7.48. The van der Waals surface area contributed by atoms with Crippen molar-refractivity contribution in [2.45, 2.75) is 19.3 Å². The predicted molar refractivity (Wildman–Crippen MR) is 177 cm³/mol. The van der Waals surface area contributed by atoms with Gasteiger partial charge in [-0.2, -0.15) is 0 Å². The first-order valence-electron chi connectivity index (χ1n) is 15.0. The zero-order valence-electron chi connectivity index (χ0n) is 23.3. The maximum Gasteiger partial charge on any atom is 0.0543 e. The Hall–Kier alpha value is -5.14. The van der Waals surface area contributed by atoms with E-state index in [1.807, 2.05) is 0 Å². The quantitative estimate of drug-likeness (QED) is 0.217. The highest BCUT2D eigenvalue weighted by Crippen LogP contribution is 2.49. The molecule has 0 bridgehead atoms. The summed E-state index contributed by atoms with van der Waals surface area (Å²) in [6.07, 6.45) is 3.12. The molecule has 42 heavy (non-hydrogen) atoms. The molecule has 9 rings (SSSR count). The van der Waals surface area contributed by atoms with Gasteiger partial charge < -0.3 is 4.90 Å². The Labute approximate surface area is 246 Å². The van der Waals surface area contributed by atoms with E-state index < -0.39 is 0 Å². The summed E-state index contributed by atoms with van der Waals surface area (Å²) in [6, 6.07) is 51.7. The van der Waals surface area contributed by atoms with Gasteiger partial charge in [0.05, 0.1) is 5.69 Å². The van der Waals surface area contributed by atoms with Crippen LogP contribution in [0.2, 0.25) is 0 Å². The number of hydrogen-bond donors (Lipinski definition) is 0. The zero-order chi connectivity index (χ0) is 27.6. The molecule has 0 amide bonds. The Morgan fingerprint density at radius 2 is 1.17 bits per heavy atom. The summed E-state index contributed by atoms with van der Waals surface area (Å²) in [4.78, 5) is 2.47. The van der Waals surface area contributed by atoms with Crippen LogP contribution >= 0.6 is 0 Å². The highest BCUT2D eigenvalue weighted by Gasteiger charge is 2.27. The minimum absolute atomic E-state index is 0.965. The second kappa shape index (κ2) is 9.19. The van der Waals surface area contributed by atoms with Gasteiger partial charge in [0.2, 0.25) is 0 Å². The second-order valence-electron chi connectivity index (χ2n) is 11.6. The first kappa shape index (κ1) is 23.6. The van der Waals surface area contributed by atoms with Gasteiger partial charge in [-0.15, -0.1) is 0 Å². The number of nitrogens with zero attached hydrogens (tertiary/aromatic N) is 1. The lowest BCUT2D eigenvalue weighted by atomic mass is 9.83. The van der Waals surface area contributed by atoms with E-state index in [4.69, 9.17) is 0 Å². The molecule has 0 heterocycles. The Kier molecular flexibility index (Phi) is 5.15. The lowest BCUT2D eigenvalue weighted by molar-refractivity contribution is 0.951.